The molecule has 1 amide bonds. The van der Waals surface area contributed by atoms with Crippen molar-refractivity contribution < 1.29 is 19.1 Å². The molecule has 0 saturated carbocycles. The Kier molecular flexibility index (Phi) is 4.61. The van der Waals surface area contributed by atoms with Crippen LogP contribution in [0.5, 0.6) is 0 Å². The first kappa shape index (κ1) is 17.6. The summed E-state index contributed by atoms with van der Waals surface area (Å²) in [6.07, 6.45) is 1.21. The maximum Gasteiger partial charge on any atom is 0.326 e. The van der Waals surface area contributed by atoms with E-state index in [0.29, 0.717) is 11.3 Å². The number of aliphatic carboxylic acids is 1. The second kappa shape index (κ2) is 6.03. The fraction of sp³-hybridized carbons (Fsp3) is 0.562. The number of rotatable bonds is 4. The van der Waals surface area contributed by atoms with E-state index in [4.69, 9.17) is 0 Å². The number of hydrogen-bond donors (Lipinski definition) is 1. The Balaban J connectivity index is 2.25. The first-order valence-electron chi connectivity index (χ1n) is 7.55. The molecule has 0 spiro atoms. The molecule has 1 radical (unpaired) electrons. The molecule has 0 unspecified atom stereocenters. The number of nitrogens with zero attached hydrogens (tertiary/aromatic N) is 2. The molecule has 1 aromatic heterocycles. The number of pyridine rings is 1. The highest BCUT2D eigenvalue weighted by Crippen LogP contribution is 2.39. The third kappa shape index (κ3) is 3.29. The largest absolute Gasteiger partial charge is 0.480 e. The van der Waals surface area contributed by atoms with E-state index in [0.717, 1.165) is 6.20 Å². The number of carboxylic acids is 1. The molecule has 0 aliphatic carbocycles. The van der Waals surface area contributed by atoms with Crippen molar-refractivity contribution in [1.82, 2.24) is 9.55 Å². The van der Waals surface area contributed by atoms with Gasteiger partial charge in [-0.25, -0.2) is 9.18 Å². The third-order valence-electron chi connectivity index (χ3n) is 4.42. The fourth-order valence-corrected chi connectivity index (χ4v) is 4.69. The van der Waals surface area contributed by atoms with Crippen molar-refractivity contribution in [2.45, 2.75) is 51.7 Å². The molecule has 2 heterocycles. The molecule has 2 atom stereocenters. The number of hydrogen-bond acceptors (Lipinski definition) is 3. The van der Waals surface area contributed by atoms with Crippen LogP contribution < -0.4 is 0 Å². The average Bonchev–Trinajstić information content (AvgIpc) is 2.43. The lowest BCUT2D eigenvalue weighted by Crippen LogP contribution is -2.70. The number of carbonyl (C=O) groups is 2. The minimum Gasteiger partial charge on any atom is -0.480 e. The van der Waals surface area contributed by atoms with Crippen LogP contribution in [0.25, 0.3) is 0 Å². The Hall–Kier alpha value is -1.76. The predicted molar refractivity (Wildman–Crippen MR) is 85.7 cm³/mol. The third-order valence-corrected chi connectivity index (χ3v) is 7.82. The predicted octanol–water partition coefficient (Wildman–Crippen LogP) is 2.40. The smallest absolute Gasteiger partial charge is 0.326 e. The van der Waals surface area contributed by atoms with E-state index in [1.54, 1.807) is 13.0 Å². The summed E-state index contributed by atoms with van der Waals surface area (Å²) < 4.78 is 15.4. The van der Waals surface area contributed by atoms with E-state index in [1.807, 2.05) is 27.3 Å². The molecule has 1 aliphatic heterocycles. The van der Waals surface area contributed by atoms with Crippen LogP contribution in [-0.2, 0) is 16.0 Å². The summed E-state index contributed by atoms with van der Waals surface area (Å²) in [6, 6.07) is 0.708. The van der Waals surface area contributed by atoms with Gasteiger partial charge in [0.2, 0.25) is 5.91 Å². The van der Waals surface area contributed by atoms with Crippen molar-refractivity contribution in [3.63, 3.8) is 0 Å². The monoisotopic (exact) mass is 337 g/mol. The highest BCUT2D eigenvalue weighted by Gasteiger charge is 2.55. The van der Waals surface area contributed by atoms with E-state index < -0.39 is 32.7 Å². The van der Waals surface area contributed by atoms with Crippen LogP contribution in [0.3, 0.4) is 0 Å². The van der Waals surface area contributed by atoms with Gasteiger partial charge in [0.15, 0.2) is 8.96 Å². The van der Waals surface area contributed by atoms with Crippen molar-refractivity contribution in [3.05, 3.63) is 29.3 Å². The SMILES string of the molecule is Cc1cc(C[C@H]2C(=O)N([Si](C)C(C)(C)C)[C@@H]2C(=O)O)c(F)cn1. The van der Waals surface area contributed by atoms with E-state index in [9.17, 15) is 19.1 Å². The maximum atomic E-state index is 13.9. The lowest BCUT2D eigenvalue weighted by molar-refractivity contribution is -0.163. The van der Waals surface area contributed by atoms with Crippen LogP contribution in [0.15, 0.2) is 12.3 Å². The molecule has 0 bridgehead atoms. The Labute approximate surface area is 137 Å². The van der Waals surface area contributed by atoms with Crippen molar-refractivity contribution in [2.75, 3.05) is 0 Å². The molecular formula is C16H22FN2O3Si. The van der Waals surface area contributed by atoms with Gasteiger partial charge in [0.1, 0.15) is 11.9 Å². The zero-order chi connectivity index (χ0) is 17.5. The summed E-state index contributed by atoms with van der Waals surface area (Å²) in [5.41, 5.74) is 0.995. The van der Waals surface area contributed by atoms with E-state index >= 15 is 0 Å². The molecule has 1 N–H and O–H groups in total. The van der Waals surface area contributed by atoms with Crippen LogP contribution in [0.2, 0.25) is 11.6 Å². The Morgan fingerprint density at radius 3 is 2.61 bits per heavy atom. The number of aromatic nitrogens is 1. The quantitative estimate of drug-likeness (QED) is 0.676. The van der Waals surface area contributed by atoms with Gasteiger partial charge < -0.3 is 9.67 Å². The molecule has 1 saturated heterocycles. The van der Waals surface area contributed by atoms with Gasteiger partial charge in [0, 0.05) is 5.69 Å². The molecular weight excluding hydrogens is 315 g/mol. The summed E-state index contributed by atoms with van der Waals surface area (Å²) in [7, 11) is -1.33. The standard InChI is InChI=1S/C16H22FN2O3Si/c1-9-6-10(12(17)8-18-9)7-11-13(15(21)22)19(14(11)20)23(5)16(2,3)4/h6,8,11,13H,7H2,1-5H3,(H,21,22)/t11-,13+/m1/s1. The van der Waals surface area contributed by atoms with E-state index in [-0.39, 0.29) is 17.4 Å². The average molecular weight is 337 g/mol. The number of β-lactam (4-membered cyclic amide) rings is 1. The number of amides is 1. The highest BCUT2D eigenvalue weighted by molar-refractivity contribution is 6.61. The van der Waals surface area contributed by atoms with Gasteiger partial charge in [-0.1, -0.05) is 27.3 Å². The van der Waals surface area contributed by atoms with Crippen LogP contribution >= 0.6 is 0 Å². The summed E-state index contributed by atoms with van der Waals surface area (Å²) in [4.78, 5) is 28.0. The second-order valence-electron chi connectivity index (χ2n) is 7.05. The van der Waals surface area contributed by atoms with E-state index in [1.165, 1.54) is 4.57 Å². The number of carboxylic acid groups (broad SMARTS) is 1. The Bertz CT molecular complexity index is 645. The summed E-state index contributed by atoms with van der Waals surface area (Å²) in [5.74, 6) is -2.40. The molecule has 125 valence electrons. The van der Waals surface area contributed by atoms with Crippen LogP contribution in [-0.4, -0.2) is 41.5 Å². The molecule has 23 heavy (non-hydrogen) atoms. The summed E-state index contributed by atoms with van der Waals surface area (Å²) >= 11 is 0. The number of carbonyl (C=O) groups excluding carboxylic acids is 1. The first-order chi connectivity index (χ1) is 10.5. The lowest BCUT2D eigenvalue weighted by Gasteiger charge is -2.51. The van der Waals surface area contributed by atoms with Crippen molar-refractivity contribution in [1.29, 1.82) is 0 Å². The normalized spacial score (nSPS) is 21.5. The van der Waals surface area contributed by atoms with Crippen molar-refractivity contribution in [3.8, 4) is 0 Å². The van der Waals surface area contributed by atoms with Gasteiger partial charge in [-0.05, 0) is 30.0 Å². The van der Waals surface area contributed by atoms with Crippen molar-refractivity contribution in [2.24, 2.45) is 5.92 Å². The number of halogens is 1. The molecule has 2 rings (SSSR count). The molecule has 1 aliphatic rings. The van der Waals surface area contributed by atoms with Gasteiger partial charge in [-0.3, -0.25) is 9.78 Å². The Morgan fingerprint density at radius 1 is 1.48 bits per heavy atom. The zero-order valence-corrected chi connectivity index (χ0v) is 15.1. The van der Waals surface area contributed by atoms with Crippen LogP contribution in [0.4, 0.5) is 4.39 Å². The minimum absolute atomic E-state index is 0.0980. The molecule has 1 aromatic rings. The minimum atomic E-state index is -1.33. The number of aryl methyl sites for hydroxylation is 1. The summed E-state index contributed by atoms with van der Waals surface area (Å²) in [5, 5.41) is 9.40. The maximum absolute atomic E-state index is 13.9. The van der Waals surface area contributed by atoms with Crippen molar-refractivity contribution >= 4 is 20.8 Å². The lowest BCUT2D eigenvalue weighted by atomic mass is 9.84. The van der Waals surface area contributed by atoms with Gasteiger partial charge in [0.25, 0.3) is 0 Å². The van der Waals surface area contributed by atoms with Gasteiger partial charge in [-0.2, -0.15) is 0 Å². The molecule has 5 nitrogen and oxygen atoms in total. The van der Waals surface area contributed by atoms with Crippen LogP contribution in [0, 0.1) is 18.7 Å². The summed E-state index contributed by atoms with van der Waals surface area (Å²) in [6.45, 7) is 9.71. The second-order valence-corrected chi connectivity index (χ2v) is 10.2. The van der Waals surface area contributed by atoms with Gasteiger partial charge in [-0.15, -0.1) is 0 Å². The molecule has 1 fully saturated rings. The fourth-order valence-electron chi connectivity index (χ4n) is 2.76. The highest BCUT2D eigenvalue weighted by atomic mass is 28.3. The molecule has 7 heteroatoms. The first-order valence-corrected chi connectivity index (χ1v) is 9.49. The van der Waals surface area contributed by atoms with Gasteiger partial charge >= 0.3 is 5.97 Å². The molecule has 0 aromatic carbocycles. The Morgan fingerprint density at radius 2 is 2.09 bits per heavy atom. The van der Waals surface area contributed by atoms with Gasteiger partial charge in [0.05, 0.1) is 12.1 Å². The zero-order valence-electron chi connectivity index (χ0n) is 14.1. The van der Waals surface area contributed by atoms with Crippen LogP contribution in [0.1, 0.15) is 32.0 Å². The van der Waals surface area contributed by atoms with E-state index in [2.05, 4.69) is 4.98 Å². The topological polar surface area (TPSA) is 70.5 Å².